The lowest BCUT2D eigenvalue weighted by molar-refractivity contribution is 0.0939. The molecule has 1 unspecified atom stereocenters. The van der Waals surface area contributed by atoms with E-state index in [1.807, 2.05) is 25.1 Å². The van der Waals surface area contributed by atoms with Crippen molar-refractivity contribution >= 4 is 15.9 Å². The molecule has 0 bridgehead atoms. The lowest BCUT2D eigenvalue weighted by Crippen LogP contribution is -2.28. The highest BCUT2D eigenvalue weighted by Gasteiger charge is 2.25. The Morgan fingerprint density at radius 1 is 1.10 bits per heavy atom. The van der Waals surface area contributed by atoms with E-state index in [1.165, 1.54) is 12.1 Å². The summed E-state index contributed by atoms with van der Waals surface area (Å²) in [6.07, 6.45) is 2.94. The third kappa shape index (κ3) is 4.94. The molecule has 7 nitrogen and oxygen atoms in total. The molecule has 4 rings (SSSR count). The van der Waals surface area contributed by atoms with Gasteiger partial charge in [-0.3, -0.25) is 4.79 Å². The van der Waals surface area contributed by atoms with Crippen molar-refractivity contribution in [1.29, 1.82) is 0 Å². The molecule has 30 heavy (non-hydrogen) atoms. The average molecular weight is 431 g/mol. The summed E-state index contributed by atoms with van der Waals surface area (Å²) in [4.78, 5) is 12.8. The second-order valence-electron chi connectivity index (χ2n) is 7.77. The van der Waals surface area contributed by atoms with Gasteiger partial charge in [-0.15, -0.1) is 0 Å². The summed E-state index contributed by atoms with van der Waals surface area (Å²) in [6.45, 7) is 3.52. The molecule has 2 aromatic rings. The van der Waals surface area contributed by atoms with Gasteiger partial charge in [0.2, 0.25) is 10.0 Å². The molecule has 2 N–H and O–H groups in total. The summed E-state index contributed by atoms with van der Waals surface area (Å²) < 4.78 is 38.9. The molecule has 1 aliphatic heterocycles. The number of nitrogens with one attached hydrogen (secondary N) is 2. The largest absolute Gasteiger partial charge is 0.490 e. The van der Waals surface area contributed by atoms with Crippen LogP contribution in [0.15, 0.2) is 47.4 Å². The molecule has 0 saturated heterocycles. The van der Waals surface area contributed by atoms with E-state index in [4.69, 9.17) is 9.47 Å². The maximum absolute atomic E-state index is 12.7. The molecule has 1 heterocycles. The average Bonchev–Trinajstić information content (AvgIpc) is 3.58. The highest BCUT2D eigenvalue weighted by atomic mass is 32.2. The highest BCUT2D eigenvalue weighted by Crippen LogP contribution is 2.32. The van der Waals surface area contributed by atoms with Gasteiger partial charge in [0.05, 0.1) is 24.2 Å². The van der Waals surface area contributed by atoms with Crippen LogP contribution in [-0.4, -0.2) is 34.1 Å². The Bertz CT molecular complexity index is 1030. The van der Waals surface area contributed by atoms with Crippen molar-refractivity contribution in [3.63, 3.8) is 0 Å². The molecule has 160 valence electrons. The van der Waals surface area contributed by atoms with Gasteiger partial charge in [0.1, 0.15) is 0 Å². The number of hydrogen-bond donors (Lipinski definition) is 2. The number of sulfonamides is 1. The Morgan fingerprint density at radius 3 is 2.63 bits per heavy atom. The first-order chi connectivity index (χ1) is 14.4. The van der Waals surface area contributed by atoms with Gasteiger partial charge in [-0.1, -0.05) is 12.1 Å². The minimum Gasteiger partial charge on any atom is -0.490 e. The van der Waals surface area contributed by atoms with Crippen molar-refractivity contribution in [2.75, 3.05) is 19.8 Å². The summed E-state index contributed by atoms with van der Waals surface area (Å²) >= 11 is 0. The summed E-state index contributed by atoms with van der Waals surface area (Å²) in [5, 5.41) is 2.92. The number of carbonyl (C=O) groups is 1. The minimum absolute atomic E-state index is 0.0963. The Morgan fingerprint density at radius 2 is 1.87 bits per heavy atom. The van der Waals surface area contributed by atoms with Crippen molar-refractivity contribution < 1.29 is 22.7 Å². The van der Waals surface area contributed by atoms with Crippen molar-refractivity contribution in [1.82, 2.24) is 10.0 Å². The summed E-state index contributed by atoms with van der Waals surface area (Å²) in [7, 11) is -3.63. The number of carbonyl (C=O) groups excluding carboxylic acids is 1. The third-order valence-corrected chi connectivity index (χ3v) is 6.71. The van der Waals surface area contributed by atoms with Crippen molar-refractivity contribution in [3.8, 4) is 11.5 Å². The number of rotatable bonds is 7. The Kier molecular flexibility index (Phi) is 5.97. The van der Waals surface area contributed by atoms with E-state index in [0.29, 0.717) is 42.7 Å². The van der Waals surface area contributed by atoms with Gasteiger partial charge in [-0.2, -0.15) is 0 Å². The van der Waals surface area contributed by atoms with Gasteiger partial charge in [-0.05, 0) is 61.6 Å². The lowest BCUT2D eigenvalue weighted by Gasteiger charge is -2.17. The Labute approximate surface area is 176 Å². The SMILES string of the molecule is CC(NC(=O)c1cccc(S(=O)(=O)NCC2CC2)c1)c1ccc2c(c1)OCCCO2. The highest BCUT2D eigenvalue weighted by molar-refractivity contribution is 7.89. The molecule has 1 amide bonds. The maximum atomic E-state index is 12.7. The quantitative estimate of drug-likeness (QED) is 0.704. The van der Waals surface area contributed by atoms with E-state index in [-0.39, 0.29) is 16.8 Å². The molecule has 8 heteroatoms. The first-order valence-corrected chi connectivity index (χ1v) is 11.7. The maximum Gasteiger partial charge on any atom is 0.251 e. The first-order valence-electron chi connectivity index (χ1n) is 10.2. The number of amides is 1. The van der Waals surface area contributed by atoms with Gasteiger partial charge in [0, 0.05) is 18.5 Å². The van der Waals surface area contributed by atoms with E-state index < -0.39 is 10.0 Å². The topological polar surface area (TPSA) is 93.7 Å². The molecule has 0 radical (unpaired) electrons. The fourth-order valence-corrected chi connectivity index (χ4v) is 4.41. The lowest BCUT2D eigenvalue weighted by atomic mass is 10.1. The van der Waals surface area contributed by atoms with E-state index in [9.17, 15) is 13.2 Å². The van der Waals surface area contributed by atoms with Crippen LogP contribution in [0.3, 0.4) is 0 Å². The molecule has 1 fully saturated rings. The van der Waals surface area contributed by atoms with Crippen molar-refractivity contribution in [3.05, 3.63) is 53.6 Å². The minimum atomic E-state index is -3.63. The number of ether oxygens (including phenoxy) is 2. The number of benzene rings is 2. The fraction of sp³-hybridized carbons (Fsp3) is 0.409. The van der Waals surface area contributed by atoms with Crippen LogP contribution in [0.1, 0.15) is 48.1 Å². The van der Waals surface area contributed by atoms with Gasteiger partial charge in [0.15, 0.2) is 11.5 Å². The molecule has 2 aliphatic rings. The van der Waals surface area contributed by atoms with E-state index in [0.717, 1.165) is 24.8 Å². The van der Waals surface area contributed by atoms with Gasteiger partial charge in [-0.25, -0.2) is 13.1 Å². The molecular formula is C22H26N2O5S. The van der Waals surface area contributed by atoms with Crippen LogP contribution in [0.2, 0.25) is 0 Å². The second-order valence-corrected chi connectivity index (χ2v) is 9.54. The summed E-state index contributed by atoms with van der Waals surface area (Å²) in [5.41, 5.74) is 1.17. The van der Waals surface area contributed by atoms with Crippen LogP contribution in [-0.2, 0) is 10.0 Å². The van der Waals surface area contributed by atoms with E-state index in [2.05, 4.69) is 10.0 Å². The molecule has 1 saturated carbocycles. The Balaban J connectivity index is 1.45. The molecule has 0 spiro atoms. The fourth-order valence-electron chi connectivity index (χ4n) is 3.25. The molecule has 1 aliphatic carbocycles. The van der Waals surface area contributed by atoms with Crippen LogP contribution in [0.25, 0.3) is 0 Å². The van der Waals surface area contributed by atoms with Crippen LogP contribution >= 0.6 is 0 Å². The van der Waals surface area contributed by atoms with Gasteiger partial charge in [0.25, 0.3) is 5.91 Å². The number of fused-ring (bicyclic) bond motifs is 1. The van der Waals surface area contributed by atoms with Crippen LogP contribution in [0.4, 0.5) is 0 Å². The normalized spacial score (nSPS) is 17.1. The molecule has 1 atom stereocenters. The molecule has 2 aromatic carbocycles. The standard InChI is InChI=1S/C22H26N2O5S/c1-15(17-8-9-20-21(13-17)29-11-3-10-28-20)24-22(25)18-4-2-5-19(12-18)30(26,27)23-14-16-6-7-16/h2,4-5,8-9,12-13,15-16,23H,3,6-7,10-11,14H2,1H3,(H,24,25). The predicted octanol–water partition coefficient (Wildman–Crippen LogP) is 3.03. The van der Waals surface area contributed by atoms with Crippen LogP contribution < -0.4 is 19.5 Å². The van der Waals surface area contributed by atoms with Crippen molar-refractivity contribution in [2.45, 2.75) is 37.1 Å². The molecule has 0 aromatic heterocycles. The Hall–Kier alpha value is -2.58. The first kappa shape index (κ1) is 20.7. The third-order valence-electron chi connectivity index (χ3n) is 5.28. The number of hydrogen-bond acceptors (Lipinski definition) is 5. The zero-order valence-corrected chi connectivity index (χ0v) is 17.7. The van der Waals surface area contributed by atoms with Crippen LogP contribution in [0, 0.1) is 5.92 Å². The second kappa shape index (κ2) is 8.65. The van der Waals surface area contributed by atoms with Crippen molar-refractivity contribution in [2.24, 2.45) is 5.92 Å². The van der Waals surface area contributed by atoms with E-state index >= 15 is 0 Å². The van der Waals surface area contributed by atoms with Gasteiger partial charge >= 0.3 is 0 Å². The zero-order chi connectivity index (χ0) is 21.1. The summed E-state index contributed by atoms with van der Waals surface area (Å²) in [6, 6.07) is 11.4. The van der Waals surface area contributed by atoms with Crippen LogP contribution in [0.5, 0.6) is 11.5 Å². The smallest absolute Gasteiger partial charge is 0.251 e. The predicted molar refractivity (Wildman–Crippen MR) is 112 cm³/mol. The van der Waals surface area contributed by atoms with E-state index in [1.54, 1.807) is 12.1 Å². The van der Waals surface area contributed by atoms with Gasteiger partial charge < -0.3 is 14.8 Å². The monoisotopic (exact) mass is 430 g/mol. The summed E-state index contributed by atoms with van der Waals surface area (Å²) in [5.74, 6) is 1.46. The molecular weight excluding hydrogens is 404 g/mol. The zero-order valence-electron chi connectivity index (χ0n) is 16.9.